The molecule has 4 aliphatic rings. The van der Waals surface area contributed by atoms with Crippen LogP contribution in [0.25, 0.3) is 0 Å². The van der Waals surface area contributed by atoms with Gasteiger partial charge < -0.3 is 4.90 Å². The van der Waals surface area contributed by atoms with Crippen molar-refractivity contribution in [2.24, 2.45) is 11.8 Å². The molecule has 0 aromatic carbocycles. The van der Waals surface area contributed by atoms with Crippen LogP contribution in [0.2, 0.25) is 0 Å². The zero-order valence-corrected chi connectivity index (χ0v) is 13.7. The maximum atomic E-state index is 2.70. The Morgan fingerprint density at radius 3 is 2.95 bits per heavy atom. The zero-order valence-electron chi connectivity index (χ0n) is 13.7. The zero-order chi connectivity index (χ0) is 14.9. The average Bonchev–Trinajstić information content (AvgIpc) is 2.90. The van der Waals surface area contributed by atoms with Gasteiger partial charge in [-0.1, -0.05) is 49.0 Å². The first-order valence-electron chi connectivity index (χ1n) is 9.11. The molecule has 0 bridgehead atoms. The molecule has 0 N–H and O–H groups in total. The molecule has 0 amide bonds. The van der Waals surface area contributed by atoms with Crippen molar-refractivity contribution < 1.29 is 0 Å². The van der Waals surface area contributed by atoms with E-state index in [1.54, 1.807) is 17.0 Å². The molecule has 1 heterocycles. The summed E-state index contributed by atoms with van der Waals surface area (Å²) in [5, 5.41) is 0. The Hall–Kier alpha value is -1.50. The van der Waals surface area contributed by atoms with E-state index >= 15 is 0 Å². The van der Waals surface area contributed by atoms with Crippen LogP contribution >= 0.6 is 0 Å². The summed E-state index contributed by atoms with van der Waals surface area (Å²) >= 11 is 0. The molecule has 0 saturated carbocycles. The van der Waals surface area contributed by atoms with Crippen LogP contribution in [0.5, 0.6) is 0 Å². The van der Waals surface area contributed by atoms with Crippen molar-refractivity contribution in [2.45, 2.75) is 51.9 Å². The van der Waals surface area contributed by atoms with Crippen molar-refractivity contribution in [1.29, 1.82) is 0 Å². The molecule has 0 aromatic heterocycles. The number of fused-ring (bicyclic) bond motifs is 2. The summed E-state index contributed by atoms with van der Waals surface area (Å²) in [5.41, 5.74) is 6.41. The fourth-order valence-corrected chi connectivity index (χ4v) is 4.47. The Balaban J connectivity index is 1.57. The van der Waals surface area contributed by atoms with Crippen LogP contribution in [0.4, 0.5) is 0 Å². The third-order valence-electron chi connectivity index (χ3n) is 5.69. The first kappa shape index (κ1) is 14.1. The fraction of sp³-hybridized carbons (Fsp3) is 0.524. The Morgan fingerprint density at radius 2 is 2.14 bits per heavy atom. The minimum absolute atomic E-state index is 0.677. The van der Waals surface area contributed by atoms with Gasteiger partial charge in [-0.2, -0.15) is 0 Å². The molecule has 0 saturated heterocycles. The van der Waals surface area contributed by atoms with Crippen LogP contribution in [-0.4, -0.2) is 11.4 Å². The van der Waals surface area contributed by atoms with Gasteiger partial charge in [-0.05, 0) is 56.4 Å². The van der Waals surface area contributed by atoms with Gasteiger partial charge in [0.25, 0.3) is 0 Å². The van der Waals surface area contributed by atoms with Gasteiger partial charge in [0.1, 0.15) is 0 Å². The number of rotatable bonds is 3. The van der Waals surface area contributed by atoms with Crippen LogP contribution in [-0.2, 0) is 0 Å². The molecule has 1 aliphatic heterocycles. The van der Waals surface area contributed by atoms with Gasteiger partial charge in [0, 0.05) is 23.9 Å². The SMILES string of the molecule is CCC1=CCC(CN2C3=CCCCC3C3=C2CCC=C3)C=C1. The molecule has 1 heteroatoms. The van der Waals surface area contributed by atoms with E-state index in [0.717, 1.165) is 0 Å². The normalized spacial score (nSPS) is 30.1. The summed E-state index contributed by atoms with van der Waals surface area (Å²) in [6.07, 6.45) is 23.4. The summed E-state index contributed by atoms with van der Waals surface area (Å²) < 4.78 is 0. The van der Waals surface area contributed by atoms with E-state index in [-0.39, 0.29) is 0 Å². The van der Waals surface area contributed by atoms with Crippen molar-refractivity contribution in [1.82, 2.24) is 4.90 Å². The van der Waals surface area contributed by atoms with Gasteiger partial charge in [0.15, 0.2) is 0 Å². The second-order valence-corrected chi connectivity index (χ2v) is 7.05. The van der Waals surface area contributed by atoms with E-state index < -0.39 is 0 Å². The van der Waals surface area contributed by atoms with Crippen molar-refractivity contribution in [2.75, 3.05) is 6.54 Å². The maximum absolute atomic E-state index is 2.70. The van der Waals surface area contributed by atoms with E-state index in [0.29, 0.717) is 11.8 Å². The molecule has 116 valence electrons. The quantitative estimate of drug-likeness (QED) is 0.664. The Morgan fingerprint density at radius 1 is 1.18 bits per heavy atom. The number of hydrogen-bond donors (Lipinski definition) is 0. The van der Waals surface area contributed by atoms with Crippen molar-refractivity contribution >= 4 is 0 Å². The molecular weight excluding hydrogens is 266 g/mol. The Labute approximate surface area is 134 Å². The van der Waals surface area contributed by atoms with Crippen LogP contribution in [0, 0.1) is 11.8 Å². The largest absolute Gasteiger partial charge is 0.347 e. The molecule has 0 radical (unpaired) electrons. The molecule has 2 unspecified atom stereocenters. The Kier molecular flexibility index (Phi) is 3.82. The van der Waals surface area contributed by atoms with Crippen LogP contribution in [0.3, 0.4) is 0 Å². The van der Waals surface area contributed by atoms with E-state index in [9.17, 15) is 0 Å². The summed E-state index contributed by atoms with van der Waals surface area (Å²) in [6, 6.07) is 0. The predicted octanol–water partition coefficient (Wildman–Crippen LogP) is 5.50. The molecular formula is C21H27N. The molecule has 3 aliphatic carbocycles. The summed E-state index contributed by atoms with van der Waals surface area (Å²) in [5.74, 6) is 1.38. The average molecular weight is 293 g/mol. The third-order valence-corrected chi connectivity index (χ3v) is 5.69. The summed E-state index contributed by atoms with van der Waals surface area (Å²) in [7, 11) is 0. The predicted molar refractivity (Wildman–Crippen MR) is 93.2 cm³/mol. The van der Waals surface area contributed by atoms with Gasteiger partial charge in [0.05, 0.1) is 0 Å². The Bertz CT molecular complexity index is 599. The lowest BCUT2D eigenvalue weighted by atomic mass is 9.86. The van der Waals surface area contributed by atoms with Crippen molar-refractivity contribution in [3.63, 3.8) is 0 Å². The van der Waals surface area contributed by atoms with Crippen molar-refractivity contribution in [3.8, 4) is 0 Å². The van der Waals surface area contributed by atoms with Gasteiger partial charge >= 0.3 is 0 Å². The lowest BCUT2D eigenvalue weighted by Crippen LogP contribution is -2.27. The lowest BCUT2D eigenvalue weighted by Gasteiger charge is -2.31. The van der Waals surface area contributed by atoms with E-state index in [1.165, 1.54) is 57.1 Å². The maximum Gasteiger partial charge on any atom is 0.0291 e. The van der Waals surface area contributed by atoms with Gasteiger partial charge in [-0.25, -0.2) is 0 Å². The van der Waals surface area contributed by atoms with Crippen LogP contribution in [0.1, 0.15) is 51.9 Å². The minimum atomic E-state index is 0.677. The molecule has 1 nitrogen and oxygen atoms in total. The van der Waals surface area contributed by atoms with Gasteiger partial charge in [0.2, 0.25) is 0 Å². The number of nitrogens with zero attached hydrogens (tertiary/aromatic N) is 1. The highest BCUT2D eigenvalue weighted by atomic mass is 15.2. The molecule has 0 spiro atoms. The second kappa shape index (κ2) is 5.95. The first-order chi connectivity index (χ1) is 10.9. The van der Waals surface area contributed by atoms with E-state index in [2.05, 4.69) is 48.3 Å². The van der Waals surface area contributed by atoms with Crippen LogP contribution in [0.15, 0.2) is 59.0 Å². The van der Waals surface area contributed by atoms with Crippen LogP contribution < -0.4 is 0 Å². The standard InChI is InChI=1S/C21H27N/c1-2-16-11-13-17(14-12-16)15-22-20-9-5-3-7-18(20)19-8-4-6-10-21(19)22/h3,7,10-13,17,19H,2,4-6,8-9,14-15H2,1H3. The van der Waals surface area contributed by atoms with E-state index in [1.807, 2.05) is 0 Å². The van der Waals surface area contributed by atoms with E-state index in [4.69, 9.17) is 0 Å². The highest BCUT2D eigenvalue weighted by Crippen LogP contribution is 2.46. The van der Waals surface area contributed by atoms with Gasteiger partial charge in [-0.3, -0.25) is 0 Å². The molecule has 0 aromatic rings. The molecule has 2 atom stereocenters. The molecule has 4 rings (SSSR count). The number of hydrogen-bond acceptors (Lipinski definition) is 1. The van der Waals surface area contributed by atoms with Crippen molar-refractivity contribution in [3.05, 3.63) is 59.0 Å². The molecule has 0 fully saturated rings. The summed E-state index contributed by atoms with van der Waals surface area (Å²) in [4.78, 5) is 2.70. The smallest absolute Gasteiger partial charge is 0.0291 e. The highest BCUT2D eigenvalue weighted by Gasteiger charge is 2.36. The molecule has 22 heavy (non-hydrogen) atoms. The highest BCUT2D eigenvalue weighted by molar-refractivity contribution is 5.44. The lowest BCUT2D eigenvalue weighted by molar-refractivity contribution is 0.350. The summed E-state index contributed by atoms with van der Waals surface area (Å²) in [6.45, 7) is 3.43. The first-order valence-corrected chi connectivity index (χ1v) is 9.11. The third kappa shape index (κ3) is 2.41. The van der Waals surface area contributed by atoms with Gasteiger partial charge in [-0.15, -0.1) is 0 Å². The number of allylic oxidation sites excluding steroid dienone is 8. The monoisotopic (exact) mass is 293 g/mol. The topological polar surface area (TPSA) is 3.24 Å². The second-order valence-electron chi connectivity index (χ2n) is 7.05. The fourth-order valence-electron chi connectivity index (χ4n) is 4.47. The minimum Gasteiger partial charge on any atom is -0.347 e.